The van der Waals surface area contributed by atoms with Gasteiger partial charge in [-0.2, -0.15) is 0 Å². The highest BCUT2D eigenvalue weighted by atomic mass is 35.5. The highest BCUT2D eigenvalue weighted by Gasteiger charge is 2.10. The number of carbonyl (C=O) groups is 1. The molecule has 2 aromatic rings. The van der Waals surface area contributed by atoms with Gasteiger partial charge in [0.25, 0.3) is 0 Å². The molecule has 0 saturated carbocycles. The second-order valence-electron chi connectivity index (χ2n) is 4.21. The Balaban J connectivity index is 2.15. The van der Waals surface area contributed by atoms with Crippen LogP contribution in [0, 0.1) is 6.92 Å². The van der Waals surface area contributed by atoms with Gasteiger partial charge in [0.05, 0.1) is 5.56 Å². The van der Waals surface area contributed by atoms with Gasteiger partial charge in [-0.25, -0.2) is 4.79 Å². The highest BCUT2D eigenvalue weighted by molar-refractivity contribution is 6.30. The lowest BCUT2D eigenvalue weighted by atomic mass is 10.1. The molecule has 2 aromatic carbocycles. The van der Waals surface area contributed by atoms with E-state index in [2.05, 4.69) is 0 Å². The number of carboxylic acid groups (broad SMARTS) is 1. The molecule has 0 saturated heterocycles. The Morgan fingerprint density at radius 1 is 1.21 bits per heavy atom. The van der Waals surface area contributed by atoms with E-state index in [0.717, 1.165) is 5.56 Å². The van der Waals surface area contributed by atoms with Crippen molar-refractivity contribution >= 4 is 17.6 Å². The van der Waals surface area contributed by atoms with Crippen LogP contribution in [0.25, 0.3) is 0 Å². The Bertz CT molecular complexity index is 591. The van der Waals surface area contributed by atoms with Gasteiger partial charge < -0.3 is 9.84 Å². The predicted octanol–water partition coefficient (Wildman–Crippen LogP) is 3.93. The number of ether oxygens (including phenoxy) is 1. The molecule has 0 aliphatic carbocycles. The molecule has 0 aromatic heterocycles. The molecule has 0 fully saturated rings. The number of rotatable bonds is 4. The van der Waals surface area contributed by atoms with Crippen LogP contribution < -0.4 is 4.74 Å². The van der Waals surface area contributed by atoms with E-state index in [0.29, 0.717) is 16.3 Å². The summed E-state index contributed by atoms with van der Waals surface area (Å²) in [5.41, 5.74) is 1.83. The van der Waals surface area contributed by atoms with Crippen LogP contribution in [0.2, 0.25) is 5.02 Å². The SMILES string of the molecule is Cc1ccc(COc2ccc(Cl)cc2)c(C(=O)O)c1. The van der Waals surface area contributed by atoms with Crippen LogP contribution in [0.1, 0.15) is 21.5 Å². The van der Waals surface area contributed by atoms with Crippen molar-refractivity contribution in [1.29, 1.82) is 0 Å². The summed E-state index contributed by atoms with van der Waals surface area (Å²) in [5.74, 6) is -0.292. The van der Waals surface area contributed by atoms with Crippen molar-refractivity contribution in [3.05, 3.63) is 64.2 Å². The number of hydrogen-bond acceptors (Lipinski definition) is 2. The minimum Gasteiger partial charge on any atom is -0.489 e. The summed E-state index contributed by atoms with van der Waals surface area (Å²) in [7, 11) is 0. The molecule has 0 bridgehead atoms. The third kappa shape index (κ3) is 3.48. The molecular formula is C15H13ClO3. The number of aromatic carboxylic acids is 1. The van der Waals surface area contributed by atoms with Crippen LogP contribution in [0.3, 0.4) is 0 Å². The fourth-order valence-electron chi connectivity index (χ4n) is 1.71. The van der Waals surface area contributed by atoms with Crippen molar-refractivity contribution in [2.24, 2.45) is 0 Å². The van der Waals surface area contributed by atoms with Gasteiger partial charge >= 0.3 is 5.97 Å². The summed E-state index contributed by atoms with van der Waals surface area (Å²) in [6.45, 7) is 2.07. The number of aryl methyl sites for hydroxylation is 1. The van der Waals surface area contributed by atoms with E-state index in [-0.39, 0.29) is 12.2 Å². The van der Waals surface area contributed by atoms with Crippen molar-refractivity contribution in [3.63, 3.8) is 0 Å². The minimum atomic E-state index is -0.946. The topological polar surface area (TPSA) is 46.5 Å². The maximum Gasteiger partial charge on any atom is 0.336 e. The van der Waals surface area contributed by atoms with Crippen molar-refractivity contribution in [3.8, 4) is 5.75 Å². The molecule has 3 nitrogen and oxygen atoms in total. The molecule has 0 aliphatic rings. The molecule has 0 radical (unpaired) electrons. The molecule has 0 unspecified atom stereocenters. The van der Waals surface area contributed by atoms with Gasteiger partial charge in [0.1, 0.15) is 12.4 Å². The summed E-state index contributed by atoms with van der Waals surface area (Å²) in [4.78, 5) is 11.2. The predicted molar refractivity (Wildman–Crippen MR) is 73.9 cm³/mol. The van der Waals surface area contributed by atoms with E-state index in [4.69, 9.17) is 21.4 Å². The zero-order chi connectivity index (χ0) is 13.8. The van der Waals surface area contributed by atoms with Gasteiger partial charge in [0.15, 0.2) is 0 Å². The Morgan fingerprint density at radius 2 is 1.89 bits per heavy atom. The van der Waals surface area contributed by atoms with E-state index in [1.54, 1.807) is 36.4 Å². The number of benzene rings is 2. The zero-order valence-corrected chi connectivity index (χ0v) is 11.1. The van der Waals surface area contributed by atoms with Crippen LogP contribution in [-0.4, -0.2) is 11.1 Å². The molecule has 98 valence electrons. The molecule has 0 spiro atoms. The first-order chi connectivity index (χ1) is 9.06. The average molecular weight is 277 g/mol. The van der Waals surface area contributed by atoms with Gasteiger partial charge in [0.2, 0.25) is 0 Å². The summed E-state index contributed by atoms with van der Waals surface area (Å²) in [6, 6.07) is 12.2. The van der Waals surface area contributed by atoms with E-state index in [9.17, 15) is 4.79 Å². The van der Waals surface area contributed by atoms with Crippen LogP contribution in [0.4, 0.5) is 0 Å². The lowest BCUT2D eigenvalue weighted by Gasteiger charge is -2.09. The molecule has 0 atom stereocenters. The van der Waals surface area contributed by atoms with Gasteiger partial charge in [-0.1, -0.05) is 29.3 Å². The Labute approximate surface area is 116 Å². The first-order valence-corrected chi connectivity index (χ1v) is 6.15. The quantitative estimate of drug-likeness (QED) is 0.920. The fraction of sp³-hybridized carbons (Fsp3) is 0.133. The Kier molecular flexibility index (Phi) is 4.07. The van der Waals surface area contributed by atoms with Gasteiger partial charge in [-0.15, -0.1) is 0 Å². The Morgan fingerprint density at radius 3 is 2.53 bits per heavy atom. The molecule has 1 N–H and O–H groups in total. The van der Waals surface area contributed by atoms with Gasteiger partial charge in [0, 0.05) is 10.6 Å². The minimum absolute atomic E-state index is 0.212. The summed E-state index contributed by atoms with van der Waals surface area (Å²) in [6.07, 6.45) is 0. The molecule has 0 amide bonds. The number of halogens is 1. The largest absolute Gasteiger partial charge is 0.489 e. The zero-order valence-electron chi connectivity index (χ0n) is 10.4. The second kappa shape index (κ2) is 5.76. The van der Waals surface area contributed by atoms with E-state index in [1.165, 1.54) is 0 Å². The highest BCUT2D eigenvalue weighted by Crippen LogP contribution is 2.18. The second-order valence-corrected chi connectivity index (χ2v) is 4.64. The van der Waals surface area contributed by atoms with E-state index < -0.39 is 5.97 Å². The first kappa shape index (κ1) is 13.4. The van der Waals surface area contributed by atoms with Crippen molar-refractivity contribution in [2.75, 3.05) is 0 Å². The molecule has 0 heterocycles. The third-order valence-corrected chi connectivity index (χ3v) is 2.96. The van der Waals surface area contributed by atoms with Crippen LogP contribution >= 0.6 is 11.6 Å². The van der Waals surface area contributed by atoms with Crippen molar-refractivity contribution in [2.45, 2.75) is 13.5 Å². The third-order valence-electron chi connectivity index (χ3n) is 2.70. The van der Waals surface area contributed by atoms with Crippen LogP contribution in [-0.2, 0) is 6.61 Å². The summed E-state index contributed by atoms with van der Waals surface area (Å²) in [5, 5.41) is 9.78. The smallest absolute Gasteiger partial charge is 0.336 e. The average Bonchev–Trinajstić information content (AvgIpc) is 2.39. The first-order valence-electron chi connectivity index (χ1n) is 5.77. The molecule has 2 rings (SSSR count). The maximum atomic E-state index is 11.2. The molecule has 4 heteroatoms. The fourth-order valence-corrected chi connectivity index (χ4v) is 1.83. The van der Waals surface area contributed by atoms with Crippen molar-refractivity contribution in [1.82, 2.24) is 0 Å². The van der Waals surface area contributed by atoms with Crippen LogP contribution in [0.15, 0.2) is 42.5 Å². The molecule has 0 aliphatic heterocycles. The lowest BCUT2D eigenvalue weighted by Crippen LogP contribution is -2.06. The lowest BCUT2D eigenvalue weighted by molar-refractivity contribution is 0.0694. The molecule has 19 heavy (non-hydrogen) atoms. The number of carboxylic acids is 1. The van der Waals surface area contributed by atoms with Gasteiger partial charge in [-0.3, -0.25) is 0 Å². The summed E-state index contributed by atoms with van der Waals surface area (Å²) >= 11 is 5.78. The normalized spacial score (nSPS) is 10.2. The molecular weight excluding hydrogens is 264 g/mol. The standard InChI is InChI=1S/C15H13ClO3/c1-10-2-3-11(14(8-10)15(17)18)9-19-13-6-4-12(16)5-7-13/h2-8H,9H2,1H3,(H,17,18). The number of hydrogen-bond donors (Lipinski definition) is 1. The maximum absolute atomic E-state index is 11.2. The van der Waals surface area contributed by atoms with E-state index in [1.807, 2.05) is 13.0 Å². The van der Waals surface area contributed by atoms with E-state index >= 15 is 0 Å². The Hall–Kier alpha value is -2.00. The monoisotopic (exact) mass is 276 g/mol. The van der Waals surface area contributed by atoms with Crippen molar-refractivity contribution < 1.29 is 14.6 Å². The van der Waals surface area contributed by atoms with Gasteiger partial charge in [-0.05, 0) is 37.3 Å². The van der Waals surface area contributed by atoms with Crippen LogP contribution in [0.5, 0.6) is 5.75 Å². The summed E-state index contributed by atoms with van der Waals surface area (Å²) < 4.78 is 5.56.